The summed E-state index contributed by atoms with van der Waals surface area (Å²) in [5, 5.41) is 0. The van der Waals surface area contributed by atoms with Gasteiger partial charge in [-0.15, -0.1) is 12.3 Å². The minimum absolute atomic E-state index is 0.238. The van der Waals surface area contributed by atoms with Crippen LogP contribution in [0.25, 0.3) is 11.1 Å². The first-order valence-electron chi connectivity index (χ1n) is 5.14. The summed E-state index contributed by atoms with van der Waals surface area (Å²) in [5.41, 5.74) is 1.74. The largest absolute Gasteiger partial charge is 0.440 e. The number of benzene rings is 1. The summed E-state index contributed by atoms with van der Waals surface area (Å²) in [5.74, 6) is 3.66. The maximum atomic E-state index is 5.67. The monoisotopic (exact) mass is 199 g/mol. The van der Waals surface area contributed by atoms with E-state index < -0.39 is 0 Å². The standard InChI is InChI=1S/C13H13NO/c1-3-7-10(4-2)13-14-11-8-5-6-9-12(11)15-13/h1,5-6,8-10H,4,7H2,2H3. The van der Waals surface area contributed by atoms with Gasteiger partial charge in [0.1, 0.15) is 5.52 Å². The third-order valence-corrected chi connectivity index (χ3v) is 2.52. The number of rotatable bonds is 3. The summed E-state index contributed by atoms with van der Waals surface area (Å²) in [6.07, 6.45) is 6.96. The molecule has 2 heteroatoms. The highest BCUT2D eigenvalue weighted by Gasteiger charge is 2.14. The van der Waals surface area contributed by atoms with Crippen molar-refractivity contribution in [3.8, 4) is 12.3 Å². The van der Waals surface area contributed by atoms with E-state index >= 15 is 0 Å². The van der Waals surface area contributed by atoms with Gasteiger partial charge in [0, 0.05) is 12.3 Å². The Morgan fingerprint density at radius 3 is 2.93 bits per heavy atom. The summed E-state index contributed by atoms with van der Waals surface area (Å²) in [4.78, 5) is 4.44. The maximum Gasteiger partial charge on any atom is 0.199 e. The first-order valence-corrected chi connectivity index (χ1v) is 5.14. The predicted molar refractivity (Wildman–Crippen MR) is 60.5 cm³/mol. The molecule has 0 saturated heterocycles. The third kappa shape index (κ3) is 1.87. The van der Waals surface area contributed by atoms with Crippen LogP contribution in [0.15, 0.2) is 28.7 Å². The van der Waals surface area contributed by atoms with Gasteiger partial charge in [0.2, 0.25) is 0 Å². The van der Waals surface area contributed by atoms with E-state index in [0.717, 1.165) is 23.4 Å². The Labute approximate surface area is 89.3 Å². The smallest absolute Gasteiger partial charge is 0.199 e. The molecule has 1 aromatic carbocycles. The lowest BCUT2D eigenvalue weighted by Crippen LogP contribution is -1.95. The van der Waals surface area contributed by atoms with Crippen molar-refractivity contribution in [1.82, 2.24) is 4.98 Å². The third-order valence-electron chi connectivity index (χ3n) is 2.52. The van der Waals surface area contributed by atoms with E-state index in [4.69, 9.17) is 10.8 Å². The van der Waals surface area contributed by atoms with Gasteiger partial charge in [0.05, 0.1) is 0 Å². The lowest BCUT2D eigenvalue weighted by atomic mass is 10.0. The average molecular weight is 199 g/mol. The van der Waals surface area contributed by atoms with Crippen molar-refractivity contribution in [2.75, 3.05) is 0 Å². The Morgan fingerprint density at radius 1 is 1.47 bits per heavy atom. The number of hydrogen-bond donors (Lipinski definition) is 0. The van der Waals surface area contributed by atoms with E-state index in [1.807, 2.05) is 24.3 Å². The first-order chi connectivity index (χ1) is 7.35. The van der Waals surface area contributed by atoms with Crippen LogP contribution in [0.4, 0.5) is 0 Å². The van der Waals surface area contributed by atoms with Crippen LogP contribution in [0.2, 0.25) is 0 Å². The molecular formula is C13H13NO. The Hall–Kier alpha value is -1.75. The maximum absolute atomic E-state index is 5.67. The van der Waals surface area contributed by atoms with Gasteiger partial charge in [0.25, 0.3) is 0 Å². The van der Waals surface area contributed by atoms with Crippen molar-refractivity contribution >= 4 is 11.1 Å². The molecule has 0 fully saturated rings. The van der Waals surface area contributed by atoms with Gasteiger partial charge in [-0.2, -0.15) is 0 Å². The Bertz CT molecular complexity index is 459. The van der Waals surface area contributed by atoms with Gasteiger partial charge in [-0.1, -0.05) is 19.1 Å². The Balaban J connectivity index is 2.39. The molecular weight excluding hydrogens is 186 g/mol. The number of aromatic nitrogens is 1. The van der Waals surface area contributed by atoms with E-state index in [1.54, 1.807) is 0 Å². The zero-order valence-electron chi connectivity index (χ0n) is 8.73. The van der Waals surface area contributed by atoms with Crippen LogP contribution in [-0.4, -0.2) is 4.98 Å². The molecule has 0 radical (unpaired) electrons. The Morgan fingerprint density at radius 2 is 2.27 bits per heavy atom. The molecule has 0 spiro atoms. The van der Waals surface area contributed by atoms with Crippen molar-refractivity contribution in [2.45, 2.75) is 25.7 Å². The van der Waals surface area contributed by atoms with Crippen LogP contribution < -0.4 is 0 Å². The molecule has 0 N–H and O–H groups in total. The summed E-state index contributed by atoms with van der Waals surface area (Å²) >= 11 is 0. The highest BCUT2D eigenvalue weighted by molar-refractivity contribution is 5.72. The zero-order chi connectivity index (χ0) is 10.7. The topological polar surface area (TPSA) is 26.0 Å². The van der Waals surface area contributed by atoms with Crippen molar-refractivity contribution in [3.05, 3.63) is 30.2 Å². The van der Waals surface area contributed by atoms with Crippen molar-refractivity contribution in [3.63, 3.8) is 0 Å². The molecule has 0 aliphatic heterocycles. The second-order valence-electron chi connectivity index (χ2n) is 3.53. The molecule has 0 aliphatic carbocycles. The first kappa shape index (κ1) is 9.79. The van der Waals surface area contributed by atoms with Gasteiger partial charge in [-0.05, 0) is 18.6 Å². The number of oxazole rings is 1. The summed E-state index contributed by atoms with van der Waals surface area (Å²) in [7, 11) is 0. The Kier molecular flexibility index (Phi) is 2.73. The van der Waals surface area contributed by atoms with Crippen molar-refractivity contribution in [1.29, 1.82) is 0 Å². The zero-order valence-corrected chi connectivity index (χ0v) is 8.73. The molecule has 15 heavy (non-hydrogen) atoms. The lowest BCUT2D eigenvalue weighted by Gasteiger charge is -2.04. The van der Waals surface area contributed by atoms with E-state index in [9.17, 15) is 0 Å². The molecule has 1 atom stereocenters. The summed E-state index contributed by atoms with van der Waals surface area (Å²) < 4.78 is 5.67. The number of terminal acetylenes is 1. The molecule has 2 rings (SSSR count). The molecule has 1 aromatic heterocycles. The molecule has 0 bridgehead atoms. The van der Waals surface area contributed by atoms with Gasteiger partial charge >= 0.3 is 0 Å². The lowest BCUT2D eigenvalue weighted by molar-refractivity contribution is 0.465. The fourth-order valence-corrected chi connectivity index (χ4v) is 1.61. The van der Waals surface area contributed by atoms with E-state index in [2.05, 4.69) is 17.8 Å². The molecule has 76 valence electrons. The van der Waals surface area contributed by atoms with Gasteiger partial charge in [-0.3, -0.25) is 0 Å². The van der Waals surface area contributed by atoms with Crippen LogP contribution in [0.1, 0.15) is 31.6 Å². The number of nitrogens with zero attached hydrogens (tertiary/aromatic N) is 1. The molecule has 0 amide bonds. The van der Waals surface area contributed by atoms with Crippen LogP contribution in [0, 0.1) is 12.3 Å². The highest BCUT2D eigenvalue weighted by atomic mass is 16.3. The van der Waals surface area contributed by atoms with E-state index in [1.165, 1.54) is 0 Å². The van der Waals surface area contributed by atoms with Crippen LogP contribution in [-0.2, 0) is 0 Å². The van der Waals surface area contributed by atoms with Crippen LogP contribution >= 0.6 is 0 Å². The van der Waals surface area contributed by atoms with Crippen LogP contribution in [0.3, 0.4) is 0 Å². The SMILES string of the molecule is C#CCC(CC)c1nc2ccccc2o1. The van der Waals surface area contributed by atoms with Gasteiger partial charge in [-0.25, -0.2) is 4.98 Å². The molecule has 1 heterocycles. The average Bonchev–Trinajstić information content (AvgIpc) is 2.69. The summed E-state index contributed by atoms with van der Waals surface area (Å²) in [6, 6.07) is 7.77. The highest BCUT2D eigenvalue weighted by Crippen LogP contribution is 2.25. The van der Waals surface area contributed by atoms with Crippen molar-refractivity contribution in [2.24, 2.45) is 0 Å². The fraction of sp³-hybridized carbons (Fsp3) is 0.308. The van der Waals surface area contributed by atoms with Crippen LogP contribution in [0.5, 0.6) is 0 Å². The minimum Gasteiger partial charge on any atom is -0.440 e. The second kappa shape index (κ2) is 4.18. The quantitative estimate of drug-likeness (QED) is 0.708. The number of para-hydroxylation sites is 2. The molecule has 0 aliphatic rings. The summed E-state index contributed by atoms with van der Waals surface area (Å²) in [6.45, 7) is 2.09. The van der Waals surface area contributed by atoms with Gasteiger partial charge < -0.3 is 4.42 Å². The normalized spacial score (nSPS) is 12.5. The number of hydrogen-bond acceptors (Lipinski definition) is 2. The fourth-order valence-electron chi connectivity index (χ4n) is 1.61. The van der Waals surface area contributed by atoms with Gasteiger partial charge in [0.15, 0.2) is 11.5 Å². The number of fused-ring (bicyclic) bond motifs is 1. The van der Waals surface area contributed by atoms with E-state index in [0.29, 0.717) is 6.42 Å². The molecule has 2 aromatic rings. The molecule has 1 unspecified atom stereocenters. The minimum atomic E-state index is 0.238. The molecule has 2 nitrogen and oxygen atoms in total. The molecule has 0 saturated carbocycles. The predicted octanol–water partition coefficient (Wildman–Crippen LogP) is 3.34. The second-order valence-corrected chi connectivity index (χ2v) is 3.53. The van der Waals surface area contributed by atoms with Crippen molar-refractivity contribution < 1.29 is 4.42 Å². The van der Waals surface area contributed by atoms with E-state index in [-0.39, 0.29) is 5.92 Å².